The highest BCUT2D eigenvalue weighted by atomic mass is 35.5. The Morgan fingerprint density at radius 2 is 2.15 bits per heavy atom. The van der Waals surface area contributed by atoms with E-state index in [4.69, 9.17) is 17.3 Å². The Morgan fingerprint density at radius 3 is 2.85 bits per heavy atom. The number of nitrogens with zero attached hydrogens (tertiary/aromatic N) is 1. The molecular weight excluding hydrogens is 292 g/mol. The molecule has 0 bridgehead atoms. The summed E-state index contributed by atoms with van der Waals surface area (Å²) >= 11 is 7.41. The molecular formula is C15H19ClN2OS. The van der Waals surface area contributed by atoms with Crippen LogP contribution in [0.25, 0.3) is 10.1 Å². The molecule has 0 aliphatic heterocycles. The lowest BCUT2D eigenvalue weighted by Crippen LogP contribution is -2.27. The monoisotopic (exact) mass is 310 g/mol. The van der Waals surface area contributed by atoms with E-state index in [-0.39, 0.29) is 5.91 Å². The smallest absolute Gasteiger partial charge is 0.265 e. The second kappa shape index (κ2) is 6.46. The molecule has 0 saturated carbocycles. The summed E-state index contributed by atoms with van der Waals surface area (Å²) in [6.45, 7) is 2.91. The van der Waals surface area contributed by atoms with E-state index in [2.05, 4.69) is 6.92 Å². The van der Waals surface area contributed by atoms with E-state index in [1.165, 1.54) is 11.3 Å². The predicted octanol–water partition coefficient (Wildman–Crippen LogP) is 4.40. The number of unbranched alkanes of at least 4 members (excludes halogenated alkanes) is 2. The van der Waals surface area contributed by atoms with Crippen LogP contribution in [-0.4, -0.2) is 24.4 Å². The van der Waals surface area contributed by atoms with Gasteiger partial charge < -0.3 is 10.6 Å². The molecule has 2 N–H and O–H groups in total. The Labute approximate surface area is 128 Å². The maximum Gasteiger partial charge on any atom is 0.265 e. The molecule has 3 nitrogen and oxygen atoms in total. The van der Waals surface area contributed by atoms with Crippen molar-refractivity contribution in [3.8, 4) is 0 Å². The number of nitrogen functional groups attached to an aromatic ring is 1. The van der Waals surface area contributed by atoms with E-state index >= 15 is 0 Å². The number of fused-ring (bicyclic) bond motifs is 1. The van der Waals surface area contributed by atoms with E-state index in [9.17, 15) is 4.79 Å². The van der Waals surface area contributed by atoms with Gasteiger partial charge >= 0.3 is 0 Å². The zero-order valence-electron chi connectivity index (χ0n) is 11.8. The van der Waals surface area contributed by atoms with Crippen LogP contribution in [-0.2, 0) is 0 Å². The Balaban J connectivity index is 2.24. The fraction of sp³-hybridized carbons (Fsp3) is 0.400. The Morgan fingerprint density at radius 1 is 1.40 bits per heavy atom. The van der Waals surface area contributed by atoms with Crippen LogP contribution in [0, 0.1) is 0 Å². The number of benzene rings is 1. The van der Waals surface area contributed by atoms with Crippen molar-refractivity contribution in [2.75, 3.05) is 19.3 Å². The van der Waals surface area contributed by atoms with Crippen LogP contribution in [0.2, 0.25) is 5.02 Å². The molecule has 20 heavy (non-hydrogen) atoms. The van der Waals surface area contributed by atoms with Crippen molar-refractivity contribution in [2.45, 2.75) is 26.2 Å². The van der Waals surface area contributed by atoms with Crippen molar-refractivity contribution >= 4 is 44.6 Å². The third-order valence-corrected chi connectivity index (χ3v) is 4.74. The van der Waals surface area contributed by atoms with E-state index in [0.29, 0.717) is 15.6 Å². The van der Waals surface area contributed by atoms with E-state index < -0.39 is 0 Å². The van der Waals surface area contributed by atoms with Crippen LogP contribution in [0.4, 0.5) is 5.69 Å². The van der Waals surface area contributed by atoms with Crippen molar-refractivity contribution in [3.05, 3.63) is 28.1 Å². The molecule has 108 valence electrons. The van der Waals surface area contributed by atoms with Gasteiger partial charge in [0.1, 0.15) is 4.88 Å². The second-order valence-electron chi connectivity index (χ2n) is 4.92. The quantitative estimate of drug-likeness (QED) is 0.832. The summed E-state index contributed by atoms with van der Waals surface area (Å²) < 4.78 is 0.997. The molecule has 0 radical (unpaired) electrons. The Kier molecular flexibility index (Phi) is 4.89. The number of anilines is 1. The standard InChI is InChI=1S/C15H19ClN2OS/c1-3-4-5-8-18(2)15(19)14-13(17)11-9-10(16)6-7-12(11)20-14/h6-7,9H,3-5,8,17H2,1-2H3. The van der Waals surface area contributed by atoms with Crippen molar-refractivity contribution in [3.63, 3.8) is 0 Å². The van der Waals surface area contributed by atoms with Crippen LogP contribution >= 0.6 is 22.9 Å². The summed E-state index contributed by atoms with van der Waals surface area (Å²) in [5, 5.41) is 1.50. The lowest BCUT2D eigenvalue weighted by Gasteiger charge is -2.16. The summed E-state index contributed by atoms with van der Waals surface area (Å²) in [5.41, 5.74) is 6.65. The number of hydrogen-bond donors (Lipinski definition) is 1. The molecule has 0 aliphatic carbocycles. The lowest BCUT2D eigenvalue weighted by molar-refractivity contribution is 0.0798. The number of carbonyl (C=O) groups excluding carboxylic acids is 1. The number of nitrogens with two attached hydrogens (primary N) is 1. The normalized spacial score (nSPS) is 10.9. The average Bonchev–Trinajstić information content (AvgIpc) is 2.75. The Hall–Kier alpha value is -1.26. The largest absolute Gasteiger partial charge is 0.397 e. The zero-order valence-corrected chi connectivity index (χ0v) is 13.4. The number of carbonyl (C=O) groups is 1. The molecule has 0 spiro atoms. The summed E-state index contributed by atoms with van der Waals surface area (Å²) in [6, 6.07) is 5.54. The predicted molar refractivity (Wildman–Crippen MR) is 87.7 cm³/mol. The van der Waals surface area contributed by atoms with Gasteiger partial charge in [-0.25, -0.2) is 0 Å². The molecule has 2 aromatic rings. The third-order valence-electron chi connectivity index (χ3n) is 3.33. The minimum atomic E-state index is -0.00377. The fourth-order valence-electron chi connectivity index (χ4n) is 2.12. The first-order chi connectivity index (χ1) is 9.54. The highest BCUT2D eigenvalue weighted by Crippen LogP contribution is 2.35. The second-order valence-corrected chi connectivity index (χ2v) is 6.41. The summed E-state index contributed by atoms with van der Waals surface area (Å²) in [4.78, 5) is 14.8. The van der Waals surface area contributed by atoms with E-state index in [0.717, 1.165) is 35.9 Å². The van der Waals surface area contributed by atoms with Crippen LogP contribution < -0.4 is 5.73 Å². The van der Waals surface area contributed by atoms with Crippen LogP contribution in [0.5, 0.6) is 0 Å². The molecule has 0 saturated heterocycles. The van der Waals surface area contributed by atoms with Gasteiger partial charge in [0, 0.05) is 28.7 Å². The van der Waals surface area contributed by atoms with Gasteiger partial charge in [0.25, 0.3) is 5.91 Å². The molecule has 1 aromatic carbocycles. The van der Waals surface area contributed by atoms with Gasteiger partial charge in [0.2, 0.25) is 0 Å². The van der Waals surface area contributed by atoms with Gasteiger partial charge in [-0.15, -0.1) is 11.3 Å². The zero-order chi connectivity index (χ0) is 14.7. The van der Waals surface area contributed by atoms with Crippen molar-refractivity contribution in [2.24, 2.45) is 0 Å². The van der Waals surface area contributed by atoms with Gasteiger partial charge in [-0.1, -0.05) is 31.4 Å². The maximum atomic E-state index is 12.4. The van der Waals surface area contributed by atoms with Crippen molar-refractivity contribution in [1.82, 2.24) is 4.90 Å². The molecule has 0 atom stereocenters. The summed E-state index contributed by atoms with van der Waals surface area (Å²) in [6.07, 6.45) is 3.30. The number of halogens is 1. The van der Waals surface area contributed by atoms with Gasteiger partial charge in [-0.2, -0.15) is 0 Å². The van der Waals surface area contributed by atoms with E-state index in [1.807, 2.05) is 25.2 Å². The topological polar surface area (TPSA) is 46.3 Å². The molecule has 0 unspecified atom stereocenters. The Bertz CT molecular complexity index is 624. The van der Waals surface area contributed by atoms with Gasteiger partial charge in [0.05, 0.1) is 5.69 Å². The first-order valence-electron chi connectivity index (χ1n) is 6.77. The highest BCUT2D eigenvalue weighted by molar-refractivity contribution is 7.21. The van der Waals surface area contributed by atoms with Crippen molar-refractivity contribution < 1.29 is 4.79 Å². The number of rotatable bonds is 5. The first kappa shape index (κ1) is 15.1. The van der Waals surface area contributed by atoms with Gasteiger partial charge in [0.15, 0.2) is 0 Å². The summed E-state index contributed by atoms with van der Waals surface area (Å²) in [5.74, 6) is -0.00377. The number of amides is 1. The minimum absolute atomic E-state index is 0.00377. The third kappa shape index (κ3) is 3.07. The first-order valence-corrected chi connectivity index (χ1v) is 7.97. The fourth-order valence-corrected chi connectivity index (χ4v) is 3.39. The molecule has 0 aliphatic rings. The average molecular weight is 311 g/mol. The van der Waals surface area contributed by atoms with Gasteiger partial charge in [-0.3, -0.25) is 4.79 Å². The molecule has 5 heteroatoms. The van der Waals surface area contributed by atoms with Crippen molar-refractivity contribution in [1.29, 1.82) is 0 Å². The molecule has 0 fully saturated rings. The lowest BCUT2D eigenvalue weighted by atomic mass is 10.2. The van der Waals surface area contributed by atoms with Crippen LogP contribution in [0.15, 0.2) is 18.2 Å². The minimum Gasteiger partial charge on any atom is -0.397 e. The number of hydrogen-bond acceptors (Lipinski definition) is 3. The molecule has 1 heterocycles. The van der Waals surface area contributed by atoms with Gasteiger partial charge in [-0.05, 0) is 24.6 Å². The molecule has 1 amide bonds. The molecule has 2 rings (SSSR count). The van der Waals surface area contributed by atoms with Crippen LogP contribution in [0.1, 0.15) is 35.9 Å². The molecule has 1 aromatic heterocycles. The summed E-state index contributed by atoms with van der Waals surface area (Å²) in [7, 11) is 1.83. The SMILES string of the molecule is CCCCCN(C)C(=O)c1sc2ccc(Cl)cc2c1N. The van der Waals surface area contributed by atoms with Crippen LogP contribution in [0.3, 0.4) is 0 Å². The maximum absolute atomic E-state index is 12.4. The number of thiophene rings is 1. The van der Waals surface area contributed by atoms with E-state index in [1.54, 1.807) is 4.90 Å². The highest BCUT2D eigenvalue weighted by Gasteiger charge is 2.19.